The Morgan fingerprint density at radius 2 is 1.79 bits per heavy atom. The molecule has 0 spiro atoms. The highest BCUT2D eigenvalue weighted by Crippen LogP contribution is 2.34. The molecule has 0 saturated carbocycles. The fourth-order valence-electron chi connectivity index (χ4n) is 3.27. The summed E-state index contributed by atoms with van der Waals surface area (Å²) in [5.41, 5.74) is 2.55. The number of amides is 1. The Balaban J connectivity index is 1.66. The molecule has 4 rings (SSSR count). The van der Waals surface area contributed by atoms with Gasteiger partial charge in [-0.05, 0) is 41.5 Å². The summed E-state index contributed by atoms with van der Waals surface area (Å²) in [6.45, 7) is 0.270. The van der Waals surface area contributed by atoms with E-state index < -0.39 is 17.2 Å². The standard InChI is InChI=1S/C23H18BrClN4O3S2/c24-17-8-6-16(7-9-17)14-26-23(30)19-11-10-18(25)13-21(19)29(34(31)32)22-20(27-33-28-22)12-15-4-2-1-3-5-15/h1-11,13H,12,14H2,(H,26,30)(H,31,32)/p-1. The highest BCUT2D eigenvalue weighted by Gasteiger charge is 2.24. The van der Waals surface area contributed by atoms with E-state index in [0.717, 1.165) is 31.6 Å². The molecule has 1 aromatic heterocycles. The molecule has 0 aliphatic heterocycles. The molecule has 0 fully saturated rings. The van der Waals surface area contributed by atoms with E-state index in [1.165, 1.54) is 18.2 Å². The summed E-state index contributed by atoms with van der Waals surface area (Å²) < 4.78 is 35.2. The summed E-state index contributed by atoms with van der Waals surface area (Å²) in [5, 5.41) is 3.11. The second-order valence-corrected chi connectivity index (χ2v) is 9.86. The number of nitrogens with one attached hydrogen (secondary N) is 1. The molecule has 0 aliphatic rings. The van der Waals surface area contributed by atoms with Crippen LogP contribution in [0, 0.1) is 0 Å². The molecule has 1 atom stereocenters. The zero-order valence-electron chi connectivity index (χ0n) is 17.5. The molecule has 0 radical (unpaired) electrons. The van der Waals surface area contributed by atoms with Crippen molar-refractivity contribution in [3.63, 3.8) is 0 Å². The second-order valence-electron chi connectivity index (χ2n) is 7.18. The third kappa shape index (κ3) is 5.89. The molecule has 1 amide bonds. The molecule has 0 aliphatic carbocycles. The molecule has 1 heterocycles. The fourth-order valence-corrected chi connectivity index (χ4v) is 4.90. The first kappa shape index (κ1) is 24.5. The average Bonchev–Trinajstić information content (AvgIpc) is 3.26. The first-order chi connectivity index (χ1) is 16.4. The Labute approximate surface area is 216 Å². The molecule has 0 saturated heterocycles. The van der Waals surface area contributed by atoms with Crippen LogP contribution in [0.15, 0.2) is 77.3 Å². The van der Waals surface area contributed by atoms with Crippen molar-refractivity contribution < 1.29 is 13.6 Å². The van der Waals surface area contributed by atoms with Gasteiger partial charge >= 0.3 is 0 Å². The molecule has 3 aromatic carbocycles. The Morgan fingerprint density at radius 1 is 1.06 bits per heavy atom. The van der Waals surface area contributed by atoms with Gasteiger partial charge in [0.25, 0.3) is 5.91 Å². The highest BCUT2D eigenvalue weighted by atomic mass is 79.9. The number of aromatic nitrogens is 2. The van der Waals surface area contributed by atoms with Crippen molar-refractivity contribution >= 4 is 67.9 Å². The minimum Gasteiger partial charge on any atom is -0.755 e. The predicted molar refractivity (Wildman–Crippen MR) is 137 cm³/mol. The minimum atomic E-state index is -2.79. The number of halogens is 2. The van der Waals surface area contributed by atoms with Gasteiger partial charge in [0.1, 0.15) is 5.69 Å². The quantitative estimate of drug-likeness (QED) is 0.283. The van der Waals surface area contributed by atoms with Crippen molar-refractivity contribution in [2.45, 2.75) is 13.0 Å². The van der Waals surface area contributed by atoms with Gasteiger partial charge in [0, 0.05) is 22.5 Å². The lowest BCUT2D eigenvalue weighted by Gasteiger charge is -2.27. The monoisotopic (exact) mass is 575 g/mol. The number of carbonyl (C=O) groups is 1. The maximum atomic E-state index is 13.1. The Hall–Kier alpha value is -2.63. The first-order valence-corrected chi connectivity index (χ1v) is 12.9. The van der Waals surface area contributed by atoms with Crippen molar-refractivity contribution in [3.05, 3.63) is 105 Å². The summed E-state index contributed by atoms with van der Waals surface area (Å²) in [6.07, 6.45) is 0.381. The van der Waals surface area contributed by atoms with Gasteiger partial charge in [-0.3, -0.25) is 13.3 Å². The van der Waals surface area contributed by atoms with E-state index in [1.54, 1.807) is 0 Å². The van der Waals surface area contributed by atoms with E-state index in [-0.39, 0.29) is 28.6 Å². The van der Waals surface area contributed by atoms with Crippen LogP contribution in [0.1, 0.15) is 27.2 Å². The third-order valence-corrected chi connectivity index (χ3v) is 6.87. The molecule has 7 nitrogen and oxygen atoms in total. The molecule has 4 aromatic rings. The van der Waals surface area contributed by atoms with Crippen LogP contribution < -0.4 is 9.62 Å². The molecular formula is C23H17BrClN4O3S2-. The zero-order chi connectivity index (χ0) is 24.1. The number of nitrogens with zero attached hydrogens (tertiary/aromatic N) is 3. The van der Waals surface area contributed by atoms with Crippen molar-refractivity contribution in [1.82, 2.24) is 14.1 Å². The van der Waals surface area contributed by atoms with Gasteiger partial charge in [-0.1, -0.05) is 70.0 Å². The lowest BCUT2D eigenvalue weighted by molar-refractivity contribution is 0.0951. The topological polar surface area (TPSA) is 98.2 Å². The largest absolute Gasteiger partial charge is 0.755 e. The normalized spacial score (nSPS) is 11.7. The number of carbonyl (C=O) groups excluding carboxylic acids is 1. The summed E-state index contributed by atoms with van der Waals surface area (Å²) in [5.74, 6) is -0.316. The smallest absolute Gasteiger partial charge is 0.253 e. The third-order valence-electron chi connectivity index (χ3n) is 4.88. The van der Waals surface area contributed by atoms with Crippen LogP contribution in [0.5, 0.6) is 0 Å². The van der Waals surface area contributed by atoms with Gasteiger partial charge in [-0.15, -0.1) is 0 Å². The molecule has 1 unspecified atom stereocenters. The van der Waals surface area contributed by atoms with Gasteiger partial charge in [0.05, 0.1) is 34.2 Å². The van der Waals surface area contributed by atoms with Crippen molar-refractivity contribution in [2.24, 2.45) is 0 Å². The van der Waals surface area contributed by atoms with Gasteiger partial charge in [-0.2, -0.15) is 8.75 Å². The Kier molecular flexibility index (Phi) is 8.07. The number of hydrogen-bond donors (Lipinski definition) is 1. The fraction of sp³-hybridized carbons (Fsp3) is 0.0870. The predicted octanol–water partition coefficient (Wildman–Crippen LogP) is 5.41. The van der Waals surface area contributed by atoms with Crippen LogP contribution in [0.2, 0.25) is 5.02 Å². The van der Waals surface area contributed by atoms with E-state index >= 15 is 0 Å². The number of anilines is 2. The summed E-state index contributed by atoms with van der Waals surface area (Å²) in [4.78, 5) is 13.1. The molecule has 174 valence electrons. The van der Waals surface area contributed by atoms with Crippen LogP contribution >= 0.6 is 39.3 Å². The van der Waals surface area contributed by atoms with E-state index in [4.69, 9.17) is 11.6 Å². The molecule has 34 heavy (non-hydrogen) atoms. The lowest BCUT2D eigenvalue weighted by Crippen LogP contribution is -2.28. The Morgan fingerprint density at radius 3 is 2.50 bits per heavy atom. The zero-order valence-corrected chi connectivity index (χ0v) is 21.5. The van der Waals surface area contributed by atoms with Crippen LogP contribution in [0.25, 0.3) is 0 Å². The van der Waals surface area contributed by atoms with Crippen LogP contribution in [0.3, 0.4) is 0 Å². The maximum Gasteiger partial charge on any atom is 0.253 e. The van der Waals surface area contributed by atoms with Crippen LogP contribution in [-0.4, -0.2) is 23.4 Å². The van der Waals surface area contributed by atoms with Crippen LogP contribution in [0.4, 0.5) is 11.5 Å². The van der Waals surface area contributed by atoms with Crippen LogP contribution in [-0.2, 0) is 24.2 Å². The lowest BCUT2D eigenvalue weighted by atomic mass is 10.1. The maximum absolute atomic E-state index is 13.1. The molecule has 1 N–H and O–H groups in total. The van der Waals surface area contributed by atoms with Gasteiger partial charge < -0.3 is 9.87 Å². The Bertz CT molecular complexity index is 1320. The van der Waals surface area contributed by atoms with Gasteiger partial charge in [0.15, 0.2) is 5.82 Å². The first-order valence-electron chi connectivity index (χ1n) is 9.99. The molecular weight excluding hydrogens is 560 g/mol. The summed E-state index contributed by atoms with van der Waals surface area (Å²) >= 11 is 7.69. The van der Waals surface area contributed by atoms with Gasteiger partial charge in [-0.25, -0.2) is 0 Å². The number of rotatable bonds is 8. The van der Waals surface area contributed by atoms with Gasteiger partial charge in [0.2, 0.25) is 0 Å². The highest BCUT2D eigenvalue weighted by molar-refractivity contribution is 9.10. The molecule has 0 bridgehead atoms. The average molecular weight is 577 g/mol. The molecule has 11 heteroatoms. The van der Waals surface area contributed by atoms with E-state index in [1.807, 2.05) is 54.6 Å². The van der Waals surface area contributed by atoms with E-state index in [2.05, 4.69) is 30.0 Å². The van der Waals surface area contributed by atoms with E-state index in [0.29, 0.717) is 12.1 Å². The van der Waals surface area contributed by atoms with Crippen molar-refractivity contribution in [2.75, 3.05) is 4.31 Å². The minimum absolute atomic E-state index is 0.0937. The summed E-state index contributed by atoms with van der Waals surface area (Å²) in [7, 11) is 0. The van der Waals surface area contributed by atoms with Crippen molar-refractivity contribution in [3.8, 4) is 0 Å². The van der Waals surface area contributed by atoms with E-state index in [9.17, 15) is 13.6 Å². The van der Waals surface area contributed by atoms with Crippen molar-refractivity contribution in [1.29, 1.82) is 0 Å². The number of hydrogen-bond acceptors (Lipinski definition) is 6. The summed E-state index contributed by atoms with van der Waals surface area (Å²) in [6, 6.07) is 21.5. The number of benzene rings is 3. The second kappa shape index (κ2) is 11.2. The SMILES string of the molecule is O=C(NCc1ccc(Br)cc1)c1ccc(Cl)cc1N(c1nsnc1Cc1ccccc1)S(=O)[O-].